The minimum absolute atomic E-state index is 0.0900. The third-order valence-electron chi connectivity index (χ3n) is 4.63. The van der Waals surface area contributed by atoms with Gasteiger partial charge in [-0.05, 0) is 46.0 Å². The minimum Gasteiger partial charge on any atom is -0.444 e. The fourth-order valence-corrected chi connectivity index (χ4v) is 3.36. The highest BCUT2D eigenvalue weighted by Gasteiger charge is 2.46. The summed E-state index contributed by atoms with van der Waals surface area (Å²) in [4.78, 5) is 26.9. The average molecular weight is 312 g/mol. The van der Waals surface area contributed by atoms with Crippen molar-refractivity contribution in [2.24, 2.45) is 5.92 Å². The van der Waals surface area contributed by atoms with Gasteiger partial charge in [0.2, 0.25) is 5.91 Å². The van der Waals surface area contributed by atoms with E-state index in [0.717, 1.165) is 12.8 Å². The van der Waals surface area contributed by atoms with Gasteiger partial charge >= 0.3 is 6.09 Å². The number of carbonyl (C=O) groups excluding carboxylic acids is 2. The molecule has 2 aliphatic heterocycles. The van der Waals surface area contributed by atoms with Crippen molar-refractivity contribution in [1.82, 2.24) is 9.80 Å². The van der Waals surface area contributed by atoms with Crippen LogP contribution in [-0.4, -0.2) is 64.3 Å². The van der Waals surface area contributed by atoms with Crippen molar-refractivity contribution in [2.45, 2.75) is 58.2 Å². The summed E-state index contributed by atoms with van der Waals surface area (Å²) in [5.41, 5.74) is -1.37. The number of ether oxygens (including phenoxy) is 1. The fourth-order valence-electron chi connectivity index (χ4n) is 3.36. The predicted octanol–water partition coefficient (Wildman–Crippen LogP) is 1.62. The van der Waals surface area contributed by atoms with Crippen molar-refractivity contribution in [3.63, 3.8) is 0 Å². The van der Waals surface area contributed by atoms with Gasteiger partial charge in [-0.3, -0.25) is 4.79 Å². The molecule has 126 valence electrons. The maximum absolute atomic E-state index is 12.1. The van der Waals surface area contributed by atoms with E-state index in [2.05, 4.69) is 0 Å². The number of piperidine rings is 1. The molecule has 2 amide bonds. The molecule has 2 heterocycles. The van der Waals surface area contributed by atoms with Crippen molar-refractivity contribution in [1.29, 1.82) is 0 Å². The van der Waals surface area contributed by atoms with Crippen LogP contribution < -0.4 is 0 Å². The highest BCUT2D eigenvalue weighted by molar-refractivity contribution is 5.73. The highest BCUT2D eigenvalue weighted by Crippen LogP contribution is 2.36. The van der Waals surface area contributed by atoms with E-state index < -0.39 is 11.2 Å². The summed E-state index contributed by atoms with van der Waals surface area (Å²) < 4.78 is 5.37. The Hall–Kier alpha value is -1.30. The van der Waals surface area contributed by atoms with Crippen molar-refractivity contribution in [3.8, 4) is 0 Å². The first-order valence-electron chi connectivity index (χ1n) is 8.06. The maximum Gasteiger partial charge on any atom is 0.410 e. The number of hydrogen-bond donors (Lipinski definition) is 1. The zero-order chi connectivity index (χ0) is 16.5. The largest absolute Gasteiger partial charge is 0.444 e. The smallest absolute Gasteiger partial charge is 0.410 e. The third-order valence-corrected chi connectivity index (χ3v) is 4.63. The van der Waals surface area contributed by atoms with Crippen LogP contribution in [0.25, 0.3) is 0 Å². The van der Waals surface area contributed by atoms with Gasteiger partial charge < -0.3 is 19.6 Å². The van der Waals surface area contributed by atoms with Crippen molar-refractivity contribution >= 4 is 12.0 Å². The Morgan fingerprint density at radius 1 is 1.14 bits per heavy atom. The van der Waals surface area contributed by atoms with Gasteiger partial charge in [0.25, 0.3) is 0 Å². The van der Waals surface area contributed by atoms with Crippen LogP contribution in [0.3, 0.4) is 0 Å². The van der Waals surface area contributed by atoms with Gasteiger partial charge in [-0.25, -0.2) is 4.79 Å². The van der Waals surface area contributed by atoms with Crippen LogP contribution in [0.2, 0.25) is 0 Å². The maximum atomic E-state index is 12.1. The van der Waals surface area contributed by atoms with Gasteiger partial charge in [0.1, 0.15) is 5.60 Å². The second kappa shape index (κ2) is 6.07. The van der Waals surface area contributed by atoms with E-state index in [1.54, 1.807) is 11.8 Å². The first-order valence-corrected chi connectivity index (χ1v) is 8.06. The molecule has 0 aromatic heterocycles. The summed E-state index contributed by atoms with van der Waals surface area (Å²) in [6.07, 6.45) is 1.80. The number of β-amino-alcohol motifs (C(OH)–C–C–N with tert-alkyl or cyclic N) is 1. The van der Waals surface area contributed by atoms with Crippen molar-refractivity contribution in [2.75, 3.05) is 26.2 Å². The Bertz CT molecular complexity index is 438. The van der Waals surface area contributed by atoms with E-state index in [9.17, 15) is 14.7 Å². The van der Waals surface area contributed by atoms with E-state index in [0.29, 0.717) is 32.6 Å². The number of likely N-dealkylation sites (tertiary alicyclic amines) is 2. The molecular formula is C16H28N2O4. The summed E-state index contributed by atoms with van der Waals surface area (Å²) in [6, 6.07) is 0. The lowest BCUT2D eigenvalue weighted by atomic mass is 9.80. The minimum atomic E-state index is -0.847. The molecule has 0 saturated carbocycles. The molecule has 0 aliphatic carbocycles. The molecule has 2 saturated heterocycles. The quantitative estimate of drug-likeness (QED) is 0.799. The SMILES string of the molecule is CC(=O)N1CCC(C2(O)CCN(C(=O)OC(C)(C)C)C2)CC1. The molecule has 1 atom stereocenters. The summed E-state index contributed by atoms with van der Waals surface area (Å²) >= 11 is 0. The standard InChI is InChI=1S/C16H28N2O4/c1-12(19)17-8-5-13(6-9-17)16(21)7-10-18(11-16)14(20)22-15(2,3)4/h13,21H,5-11H2,1-4H3. The van der Waals surface area contributed by atoms with E-state index >= 15 is 0 Å². The first kappa shape index (κ1) is 17.1. The predicted molar refractivity (Wildman–Crippen MR) is 82.4 cm³/mol. The van der Waals surface area contributed by atoms with Gasteiger partial charge in [0, 0.05) is 26.6 Å². The van der Waals surface area contributed by atoms with E-state index in [4.69, 9.17) is 4.74 Å². The van der Waals surface area contributed by atoms with Crippen LogP contribution in [0.15, 0.2) is 0 Å². The summed E-state index contributed by atoms with van der Waals surface area (Å²) in [7, 11) is 0. The van der Waals surface area contributed by atoms with Crippen LogP contribution in [0, 0.1) is 5.92 Å². The van der Waals surface area contributed by atoms with Gasteiger partial charge in [-0.1, -0.05) is 0 Å². The van der Waals surface area contributed by atoms with Gasteiger partial charge in [0.15, 0.2) is 0 Å². The number of nitrogens with zero attached hydrogens (tertiary/aromatic N) is 2. The molecule has 1 N–H and O–H groups in total. The highest BCUT2D eigenvalue weighted by atomic mass is 16.6. The molecular weight excluding hydrogens is 284 g/mol. The third kappa shape index (κ3) is 3.91. The molecule has 0 spiro atoms. The Kier molecular flexibility index (Phi) is 4.70. The van der Waals surface area contributed by atoms with Gasteiger partial charge in [-0.2, -0.15) is 0 Å². The second-order valence-electron chi connectivity index (χ2n) is 7.54. The zero-order valence-electron chi connectivity index (χ0n) is 14.1. The summed E-state index contributed by atoms with van der Waals surface area (Å²) in [6.45, 7) is 9.32. The monoisotopic (exact) mass is 312 g/mol. The molecule has 2 aliphatic rings. The van der Waals surface area contributed by atoms with Crippen LogP contribution in [0.4, 0.5) is 4.79 Å². The molecule has 0 radical (unpaired) electrons. The lowest BCUT2D eigenvalue weighted by molar-refractivity contribution is -0.131. The molecule has 2 rings (SSSR count). The first-order chi connectivity index (χ1) is 10.1. The molecule has 22 heavy (non-hydrogen) atoms. The lowest BCUT2D eigenvalue weighted by Crippen LogP contribution is -2.48. The Labute approximate surface area is 132 Å². The van der Waals surface area contributed by atoms with Crippen LogP contribution in [0.1, 0.15) is 47.0 Å². The van der Waals surface area contributed by atoms with Crippen molar-refractivity contribution in [3.05, 3.63) is 0 Å². The lowest BCUT2D eigenvalue weighted by Gasteiger charge is -2.39. The van der Waals surface area contributed by atoms with Crippen LogP contribution in [-0.2, 0) is 9.53 Å². The number of rotatable bonds is 1. The molecule has 0 bridgehead atoms. The number of carbonyl (C=O) groups is 2. The topological polar surface area (TPSA) is 70.1 Å². The summed E-state index contributed by atoms with van der Waals surface area (Å²) in [5, 5.41) is 10.9. The molecule has 6 nitrogen and oxygen atoms in total. The number of hydrogen-bond acceptors (Lipinski definition) is 4. The molecule has 0 aromatic carbocycles. The average Bonchev–Trinajstić information content (AvgIpc) is 2.81. The van der Waals surface area contributed by atoms with Crippen LogP contribution >= 0.6 is 0 Å². The van der Waals surface area contributed by atoms with E-state index in [1.807, 2.05) is 25.7 Å². The van der Waals surface area contributed by atoms with Crippen molar-refractivity contribution < 1.29 is 19.4 Å². The molecule has 2 fully saturated rings. The number of amides is 2. The van der Waals surface area contributed by atoms with E-state index in [-0.39, 0.29) is 17.9 Å². The Morgan fingerprint density at radius 2 is 1.73 bits per heavy atom. The normalized spacial score (nSPS) is 27.1. The number of aliphatic hydroxyl groups is 1. The van der Waals surface area contributed by atoms with Gasteiger partial charge in [-0.15, -0.1) is 0 Å². The molecule has 6 heteroatoms. The van der Waals surface area contributed by atoms with Gasteiger partial charge in [0.05, 0.1) is 12.1 Å². The fraction of sp³-hybridized carbons (Fsp3) is 0.875. The molecule has 0 aromatic rings. The van der Waals surface area contributed by atoms with E-state index in [1.165, 1.54) is 0 Å². The molecule has 1 unspecified atom stereocenters. The second-order valence-corrected chi connectivity index (χ2v) is 7.54. The van der Waals surface area contributed by atoms with Crippen LogP contribution in [0.5, 0.6) is 0 Å². The Balaban J connectivity index is 1.91. The Morgan fingerprint density at radius 3 is 2.23 bits per heavy atom. The zero-order valence-corrected chi connectivity index (χ0v) is 14.1. The summed E-state index contributed by atoms with van der Waals surface area (Å²) in [5.74, 6) is 0.225.